The second-order valence-corrected chi connectivity index (χ2v) is 4.79. The second-order valence-electron chi connectivity index (χ2n) is 4.79. The standard InChI is InChI=1S/C13H19N3O3/c1-2-19-12-6-10(5-11(7-12)16(17)18)15-8-13(14)9-3-4-9/h5-7,9,13,15H,2-4,8,14H2,1H3. The van der Waals surface area contributed by atoms with E-state index in [0.29, 0.717) is 30.5 Å². The molecule has 0 saturated heterocycles. The molecule has 0 radical (unpaired) electrons. The maximum Gasteiger partial charge on any atom is 0.275 e. The first-order valence-corrected chi connectivity index (χ1v) is 6.52. The topological polar surface area (TPSA) is 90.4 Å². The number of hydrogen-bond acceptors (Lipinski definition) is 5. The normalized spacial score (nSPS) is 15.9. The van der Waals surface area contributed by atoms with E-state index in [1.807, 2.05) is 6.92 Å². The Hall–Kier alpha value is -1.82. The van der Waals surface area contributed by atoms with Gasteiger partial charge in [0.05, 0.1) is 17.6 Å². The number of anilines is 1. The molecule has 19 heavy (non-hydrogen) atoms. The van der Waals surface area contributed by atoms with Crippen molar-refractivity contribution in [3.05, 3.63) is 28.3 Å². The van der Waals surface area contributed by atoms with Gasteiger partial charge in [0.25, 0.3) is 5.69 Å². The monoisotopic (exact) mass is 265 g/mol. The zero-order valence-corrected chi connectivity index (χ0v) is 11.0. The van der Waals surface area contributed by atoms with Crippen molar-refractivity contribution < 1.29 is 9.66 Å². The van der Waals surface area contributed by atoms with Crippen LogP contribution in [0.15, 0.2) is 18.2 Å². The van der Waals surface area contributed by atoms with Crippen LogP contribution in [0.5, 0.6) is 5.75 Å². The summed E-state index contributed by atoms with van der Waals surface area (Å²) < 4.78 is 5.33. The Labute approximate surface area is 112 Å². The molecule has 104 valence electrons. The van der Waals surface area contributed by atoms with Crippen LogP contribution >= 0.6 is 0 Å². The van der Waals surface area contributed by atoms with Crippen LogP contribution in [0, 0.1) is 16.0 Å². The summed E-state index contributed by atoms with van der Waals surface area (Å²) in [4.78, 5) is 10.4. The number of nitro benzene ring substituents is 1. The fourth-order valence-corrected chi connectivity index (χ4v) is 1.97. The van der Waals surface area contributed by atoms with Crippen LogP contribution in [-0.4, -0.2) is 24.1 Å². The van der Waals surface area contributed by atoms with Crippen LogP contribution in [0.1, 0.15) is 19.8 Å². The number of benzene rings is 1. The van der Waals surface area contributed by atoms with Gasteiger partial charge in [-0.25, -0.2) is 0 Å². The van der Waals surface area contributed by atoms with Gasteiger partial charge in [-0.2, -0.15) is 0 Å². The predicted molar refractivity (Wildman–Crippen MR) is 73.5 cm³/mol. The minimum absolute atomic E-state index is 0.0217. The summed E-state index contributed by atoms with van der Waals surface area (Å²) in [5.41, 5.74) is 6.69. The van der Waals surface area contributed by atoms with Crippen molar-refractivity contribution in [2.24, 2.45) is 11.7 Å². The lowest BCUT2D eigenvalue weighted by Crippen LogP contribution is -2.31. The van der Waals surface area contributed by atoms with Gasteiger partial charge >= 0.3 is 0 Å². The maximum atomic E-state index is 10.9. The fraction of sp³-hybridized carbons (Fsp3) is 0.538. The van der Waals surface area contributed by atoms with Crippen LogP contribution in [-0.2, 0) is 0 Å². The van der Waals surface area contributed by atoms with E-state index >= 15 is 0 Å². The molecular formula is C13H19N3O3. The van der Waals surface area contributed by atoms with Crippen molar-refractivity contribution in [3.8, 4) is 5.75 Å². The first kappa shape index (κ1) is 13.6. The number of non-ortho nitro benzene ring substituents is 1. The summed E-state index contributed by atoms with van der Waals surface area (Å²) in [5.74, 6) is 1.09. The Morgan fingerprint density at radius 2 is 2.26 bits per heavy atom. The van der Waals surface area contributed by atoms with E-state index in [9.17, 15) is 10.1 Å². The molecule has 0 bridgehead atoms. The molecular weight excluding hydrogens is 246 g/mol. The van der Waals surface area contributed by atoms with E-state index in [1.165, 1.54) is 25.0 Å². The Morgan fingerprint density at radius 1 is 1.53 bits per heavy atom. The van der Waals surface area contributed by atoms with Gasteiger partial charge in [0.15, 0.2) is 0 Å². The first-order chi connectivity index (χ1) is 9.10. The molecule has 0 spiro atoms. The van der Waals surface area contributed by atoms with E-state index in [1.54, 1.807) is 6.07 Å². The lowest BCUT2D eigenvalue weighted by Gasteiger charge is -2.13. The van der Waals surface area contributed by atoms with Gasteiger partial charge < -0.3 is 15.8 Å². The maximum absolute atomic E-state index is 10.9. The smallest absolute Gasteiger partial charge is 0.275 e. The van der Waals surface area contributed by atoms with Crippen LogP contribution in [0.4, 0.5) is 11.4 Å². The highest BCUT2D eigenvalue weighted by molar-refractivity contribution is 5.56. The number of nitrogens with two attached hydrogens (primary N) is 1. The highest BCUT2D eigenvalue weighted by atomic mass is 16.6. The van der Waals surface area contributed by atoms with Crippen LogP contribution in [0.25, 0.3) is 0 Å². The van der Waals surface area contributed by atoms with Crippen molar-refractivity contribution in [1.29, 1.82) is 0 Å². The molecule has 3 N–H and O–H groups in total. The van der Waals surface area contributed by atoms with Gasteiger partial charge in [0.1, 0.15) is 5.75 Å². The Bertz CT molecular complexity index is 460. The highest BCUT2D eigenvalue weighted by Crippen LogP contribution is 2.32. The summed E-state index contributed by atoms with van der Waals surface area (Å²) in [5, 5.41) is 14.0. The molecule has 6 nitrogen and oxygen atoms in total. The Kier molecular flexibility index (Phi) is 4.21. The molecule has 1 aliphatic carbocycles. The van der Waals surface area contributed by atoms with E-state index in [4.69, 9.17) is 10.5 Å². The van der Waals surface area contributed by atoms with Crippen LogP contribution < -0.4 is 15.8 Å². The number of nitro groups is 1. The Balaban J connectivity index is 2.06. The molecule has 0 heterocycles. The van der Waals surface area contributed by atoms with E-state index in [-0.39, 0.29) is 11.7 Å². The zero-order valence-electron chi connectivity index (χ0n) is 11.0. The molecule has 0 amide bonds. The minimum Gasteiger partial charge on any atom is -0.494 e. The summed E-state index contributed by atoms with van der Waals surface area (Å²) in [6.07, 6.45) is 2.37. The van der Waals surface area contributed by atoms with Gasteiger partial charge in [0.2, 0.25) is 0 Å². The number of ether oxygens (including phenoxy) is 1. The Morgan fingerprint density at radius 3 is 2.84 bits per heavy atom. The quantitative estimate of drug-likeness (QED) is 0.582. The second kappa shape index (κ2) is 5.88. The SMILES string of the molecule is CCOc1cc(NCC(N)C2CC2)cc([N+](=O)[O-])c1. The average molecular weight is 265 g/mol. The number of nitrogens with one attached hydrogen (secondary N) is 1. The van der Waals surface area contributed by atoms with Crippen molar-refractivity contribution in [2.45, 2.75) is 25.8 Å². The van der Waals surface area contributed by atoms with Crippen molar-refractivity contribution in [2.75, 3.05) is 18.5 Å². The molecule has 0 aliphatic heterocycles. The third-order valence-corrected chi connectivity index (χ3v) is 3.18. The average Bonchev–Trinajstić information content (AvgIpc) is 3.20. The molecule has 1 aliphatic rings. The predicted octanol–water partition coefficient (Wildman–Crippen LogP) is 2.14. The lowest BCUT2D eigenvalue weighted by atomic mass is 10.2. The van der Waals surface area contributed by atoms with E-state index < -0.39 is 4.92 Å². The number of rotatable bonds is 7. The van der Waals surface area contributed by atoms with Crippen molar-refractivity contribution >= 4 is 11.4 Å². The number of nitrogens with zero attached hydrogens (tertiary/aromatic N) is 1. The van der Waals surface area contributed by atoms with Crippen LogP contribution in [0.3, 0.4) is 0 Å². The van der Waals surface area contributed by atoms with Crippen molar-refractivity contribution in [1.82, 2.24) is 0 Å². The molecule has 1 fully saturated rings. The van der Waals surface area contributed by atoms with Gasteiger partial charge in [0, 0.05) is 30.4 Å². The van der Waals surface area contributed by atoms with Crippen LogP contribution in [0.2, 0.25) is 0 Å². The van der Waals surface area contributed by atoms with Gasteiger partial charge in [-0.3, -0.25) is 10.1 Å². The molecule has 0 aromatic heterocycles. The highest BCUT2D eigenvalue weighted by Gasteiger charge is 2.28. The minimum atomic E-state index is -0.422. The molecule has 1 saturated carbocycles. The van der Waals surface area contributed by atoms with Gasteiger partial charge in [-0.1, -0.05) is 0 Å². The molecule has 1 unspecified atom stereocenters. The summed E-state index contributed by atoms with van der Waals surface area (Å²) in [6, 6.07) is 4.79. The van der Waals surface area contributed by atoms with Crippen molar-refractivity contribution in [3.63, 3.8) is 0 Å². The summed E-state index contributed by atoms with van der Waals surface area (Å²) in [6.45, 7) is 2.94. The van der Waals surface area contributed by atoms with E-state index in [0.717, 1.165) is 0 Å². The fourth-order valence-electron chi connectivity index (χ4n) is 1.97. The molecule has 1 aromatic carbocycles. The summed E-state index contributed by atoms with van der Waals surface area (Å²) >= 11 is 0. The third kappa shape index (κ3) is 3.82. The third-order valence-electron chi connectivity index (χ3n) is 3.18. The molecule has 2 rings (SSSR count). The molecule has 1 aromatic rings. The largest absolute Gasteiger partial charge is 0.494 e. The number of hydrogen-bond donors (Lipinski definition) is 2. The van der Waals surface area contributed by atoms with E-state index in [2.05, 4.69) is 5.32 Å². The first-order valence-electron chi connectivity index (χ1n) is 6.52. The summed E-state index contributed by atoms with van der Waals surface area (Å²) in [7, 11) is 0. The molecule has 6 heteroatoms. The molecule has 1 atom stereocenters. The van der Waals surface area contributed by atoms with Gasteiger partial charge in [-0.15, -0.1) is 0 Å². The zero-order chi connectivity index (χ0) is 13.8. The lowest BCUT2D eigenvalue weighted by molar-refractivity contribution is -0.384. The van der Waals surface area contributed by atoms with Gasteiger partial charge in [-0.05, 0) is 25.7 Å².